The number of carbonyl (C=O) groups is 1. The van der Waals surface area contributed by atoms with E-state index in [9.17, 15) is 4.79 Å². The number of nitrogens with one attached hydrogen (secondary N) is 2. The van der Waals surface area contributed by atoms with Crippen molar-refractivity contribution in [1.29, 1.82) is 0 Å². The van der Waals surface area contributed by atoms with Crippen LogP contribution < -0.4 is 10.6 Å². The lowest BCUT2D eigenvalue weighted by atomic mass is 9.99. The molecule has 0 spiro atoms. The number of urea groups is 1. The molecule has 2 aromatic rings. The quantitative estimate of drug-likeness (QED) is 0.872. The SMILES string of the molecule is CC[C@@H](C)c1ccc(NC(=O)Nc2cccnc2)cc1. The minimum absolute atomic E-state index is 0.269. The molecular formula is C16H19N3O. The lowest BCUT2D eigenvalue weighted by Gasteiger charge is -2.11. The van der Waals surface area contributed by atoms with E-state index >= 15 is 0 Å². The van der Waals surface area contributed by atoms with Crippen molar-refractivity contribution in [2.45, 2.75) is 26.2 Å². The standard InChI is InChI=1S/C16H19N3O/c1-3-12(2)13-6-8-14(9-7-13)18-16(20)19-15-5-4-10-17-11-15/h4-12H,3H2,1-2H3,(H2,18,19,20)/t12-/m1/s1. The number of nitrogens with zero attached hydrogens (tertiary/aromatic N) is 1. The van der Waals surface area contributed by atoms with E-state index in [-0.39, 0.29) is 6.03 Å². The molecule has 1 aromatic carbocycles. The summed E-state index contributed by atoms with van der Waals surface area (Å²) in [5.74, 6) is 0.535. The van der Waals surface area contributed by atoms with E-state index in [1.54, 1.807) is 24.5 Å². The minimum atomic E-state index is -0.269. The highest BCUT2D eigenvalue weighted by Crippen LogP contribution is 2.20. The maximum atomic E-state index is 11.8. The van der Waals surface area contributed by atoms with E-state index in [1.165, 1.54) is 5.56 Å². The summed E-state index contributed by atoms with van der Waals surface area (Å²) in [7, 11) is 0. The molecule has 0 aliphatic rings. The molecule has 2 N–H and O–H groups in total. The molecule has 1 heterocycles. The van der Waals surface area contributed by atoms with Crippen LogP contribution in [0, 0.1) is 0 Å². The zero-order valence-electron chi connectivity index (χ0n) is 11.8. The van der Waals surface area contributed by atoms with Crippen LogP contribution in [0.25, 0.3) is 0 Å². The third-order valence-corrected chi connectivity index (χ3v) is 3.27. The van der Waals surface area contributed by atoms with Crippen LogP contribution in [0.15, 0.2) is 48.8 Å². The van der Waals surface area contributed by atoms with Crippen LogP contribution in [0.1, 0.15) is 31.7 Å². The molecule has 0 radical (unpaired) electrons. The average molecular weight is 269 g/mol. The van der Waals surface area contributed by atoms with Gasteiger partial charge in [-0.25, -0.2) is 4.79 Å². The molecule has 4 nitrogen and oxygen atoms in total. The summed E-state index contributed by atoms with van der Waals surface area (Å²) >= 11 is 0. The van der Waals surface area contributed by atoms with E-state index in [4.69, 9.17) is 0 Å². The number of benzene rings is 1. The average Bonchev–Trinajstić information content (AvgIpc) is 2.48. The minimum Gasteiger partial charge on any atom is -0.308 e. The van der Waals surface area contributed by atoms with Gasteiger partial charge in [-0.15, -0.1) is 0 Å². The Morgan fingerprint density at radius 1 is 1.15 bits per heavy atom. The van der Waals surface area contributed by atoms with Crippen molar-refractivity contribution in [3.63, 3.8) is 0 Å². The Morgan fingerprint density at radius 3 is 2.45 bits per heavy atom. The first kappa shape index (κ1) is 14.1. The molecule has 0 saturated carbocycles. The zero-order chi connectivity index (χ0) is 14.4. The van der Waals surface area contributed by atoms with Crippen LogP contribution in [0.5, 0.6) is 0 Å². The Labute approximate surface area is 119 Å². The Kier molecular flexibility index (Phi) is 4.71. The summed E-state index contributed by atoms with van der Waals surface area (Å²) in [6.45, 7) is 4.36. The van der Waals surface area contributed by atoms with Crippen molar-refractivity contribution < 1.29 is 4.79 Å². The second kappa shape index (κ2) is 6.70. The largest absolute Gasteiger partial charge is 0.323 e. The van der Waals surface area contributed by atoms with E-state index in [0.29, 0.717) is 11.6 Å². The number of rotatable bonds is 4. The van der Waals surface area contributed by atoms with Gasteiger partial charge in [0.25, 0.3) is 0 Å². The van der Waals surface area contributed by atoms with E-state index < -0.39 is 0 Å². The predicted molar refractivity (Wildman–Crippen MR) is 82.0 cm³/mol. The number of hydrogen-bond acceptors (Lipinski definition) is 2. The molecule has 0 saturated heterocycles. The van der Waals surface area contributed by atoms with Gasteiger partial charge in [0.1, 0.15) is 0 Å². The molecule has 104 valence electrons. The van der Waals surface area contributed by atoms with Crippen LogP contribution >= 0.6 is 0 Å². The normalized spacial score (nSPS) is 11.7. The fourth-order valence-corrected chi connectivity index (χ4v) is 1.86. The summed E-state index contributed by atoms with van der Waals surface area (Å²) in [6, 6.07) is 11.2. The monoisotopic (exact) mass is 269 g/mol. The molecule has 0 fully saturated rings. The zero-order valence-corrected chi connectivity index (χ0v) is 11.8. The fraction of sp³-hybridized carbons (Fsp3) is 0.250. The van der Waals surface area contributed by atoms with Crippen LogP contribution in [0.3, 0.4) is 0 Å². The molecule has 0 aliphatic heterocycles. The highest BCUT2D eigenvalue weighted by molar-refractivity contribution is 5.99. The summed E-state index contributed by atoms with van der Waals surface area (Å²) in [5.41, 5.74) is 2.73. The first-order chi connectivity index (χ1) is 9.69. The molecule has 2 amide bonds. The van der Waals surface area contributed by atoms with Crippen LogP contribution in [0.2, 0.25) is 0 Å². The third kappa shape index (κ3) is 3.82. The van der Waals surface area contributed by atoms with Crippen molar-refractivity contribution >= 4 is 17.4 Å². The molecule has 1 aromatic heterocycles. The van der Waals surface area contributed by atoms with Gasteiger partial charge in [-0.05, 0) is 42.2 Å². The second-order valence-electron chi connectivity index (χ2n) is 4.75. The Bertz CT molecular complexity index is 552. The molecule has 0 aliphatic carbocycles. The van der Waals surface area contributed by atoms with Crippen LogP contribution in [-0.2, 0) is 0 Å². The van der Waals surface area contributed by atoms with Crippen molar-refractivity contribution in [3.05, 3.63) is 54.4 Å². The van der Waals surface area contributed by atoms with Crippen molar-refractivity contribution in [3.8, 4) is 0 Å². The summed E-state index contributed by atoms with van der Waals surface area (Å²) in [5, 5.41) is 5.52. The van der Waals surface area contributed by atoms with Gasteiger partial charge in [0.2, 0.25) is 0 Å². The van der Waals surface area contributed by atoms with Crippen LogP contribution in [0.4, 0.5) is 16.2 Å². The molecule has 2 rings (SSSR count). The smallest absolute Gasteiger partial charge is 0.308 e. The number of hydrogen-bond donors (Lipinski definition) is 2. The van der Waals surface area contributed by atoms with E-state index in [1.807, 2.05) is 24.3 Å². The van der Waals surface area contributed by atoms with Crippen molar-refractivity contribution in [1.82, 2.24) is 4.98 Å². The topological polar surface area (TPSA) is 54.0 Å². The first-order valence-corrected chi connectivity index (χ1v) is 6.77. The first-order valence-electron chi connectivity index (χ1n) is 6.77. The highest BCUT2D eigenvalue weighted by atomic mass is 16.2. The van der Waals surface area contributed by atoms with Crippen molar-refractivity contribution in [2.24, 2.45) is 0 Å². The number of pyridine rings is 1. The van der Waals surface area contributed by atoms with E-state index in [2.05, 4.69) is 29.5 Å². The van der Waals surface area contributed by atoms with Gasteiger partial charge < -0.3 is 10.6 Å². The molecular weight excluding hydrogens is 250 g/mol. The molecule has 0 unspecified atom stereocenters. The maximum absolute atomic E-state index is 11.8. The Morgan fingerprint density at radius 2 is 1.85 bits per heavy atom. The fourth-order valence-electron chi connectivity index (χ4n) is 1.86. The summed E-state index contributed by atoms with van der Waals surface area (Å²) in [4.78, 5) is 15.7. The van der Waals surface area contributed by atoms with Gasteiger partial charge in [-0.2, -0.15) is 0 Å². The Balaban J connectivity index is 1.94. The highest BCUT2D eigenvalue weighted by Gasteiger charge is 2.05. The summed E-state index contributed by atoms with van der Waals surface area (Å²) in [6.07, 6.45) is 4.37. The van der Waals surface area contributed by atoms with Crippen molar-refractivity contribution in [2.75, 3.05) is 10.6 Å². The number of anilines is 2. The number of carbonyl (C=O) groups excluding carboxylic acids is 1. The van der Waals surface area contributed by atoms with Gasteiger partial charge in [-0.3, -0.25) is 4.98 Å². The molecule has 1 atom stereocenters. The number of amides is 2. The Hall–Kier alpha value is -2.36. The summed E-state index contributed by atoms with van der Waals surface area (Å²) < 4.78 is 0. The van der Waals surface area contributed by atoms with Gasteiger partial charge in [0, 0.05) is 11.9 Å². The lowest BCUT2D eigenvalue weighted by Crippen LogP contribution is -2.19. The van der Waals surface area contributed by atoms with Gasteiger partial charge in [0.15, 0.2) is 0 Å². The third-order valence-electron chi connectivity index (χ3n) is 3.27. The second-order valence-corrected chi connectivity index (χ2v) is 4.75. The predicted octanol–water partition coefficient (Wildman–Crippen LogP) is 4.24. The number of aromatic nitrogens is 1. The van der Waals surface area contributed by atoms with Gasteiger partial charge in [0.05, 0.1) is 11.9 Å². The van der Waals surface area contributed by atoms with Gasteiger partial charge >= 0.3 is 6.03 Å². The molecule has 4 heteroatoms. The maximum Gasteiger partial charge on any atom is 0.323 e. The van der Waals surface area contributed by atoms with Gasteiger partial charge in [-0.1, -0.05) is 26.0 Å². The molecule has 0 bridgehead atoms. The molecule has 20 heavy (non-hydrogen) atoms. The lowest BCUT2D eigenvalue weighted by molar-refractivity contribution is 0.262. The van der Waals surface area contributed by atoms with Crippen LogP contribution in [-0.4, -0.2) is 11.0 Å². The van der Waals surface area contributed by atoms with E-state index in [0.717, 1.165) is 12.1 Å².